The summed E-state index contributed by atoms with van der Waals surface area (Å²) in [5, 5.41) is 0. The Bertz CT molecular complexity index is 781. The SMILES string of the molecule is C/C=C/c1oc(C(=O)OCC)c(C(=O)OCC)c1-c1ccc(C)cc1. The minimum Gasteiger partial charge on any atom is -0.462 e. The Balaban J connectivity index is 2.74. The highest BCUT2D eigenvalue weighted by Gasteiger charge is 2.31. The van der Waals surface area contributed by atoms with Gasteiger partial charge >= 0.3 is 11.9 Å². The number of aryl methyl sites for hydroxylation is 1. The summed E-state index contributed by atoms with van der Waals surface area (Å²) in [5.41, 5.74) is 2.47. The molecule has 5 heteroatoms. The third-order valence-corrected chi connectivity index (χ3v) is 3.53. The van der Waals surface area contributed by atoms with E-state index < -0.39 is 11.9 Å². The maximum Gasteiger partial charge on any atom is 0.375 e. The van der Waals surface area contributed by atoms with Gasteiger partial charge in [-0.25, -0.2) is 9.59 Å². The molecule has 0 aliphatic heterocycles. The molecule has 0 bridgehead atoms. The number of furan rings is 1. The van der Waals surface area contributed by atoms with Crippen molar-refractivity contribution in [2.45, 2.75) is 27.7 Å². The maximum absolute atomic E-state index is 12.5. The normalized spacial score (nSPS) is 10.9. The molecule has 0 saturated heterocycles. The molecule has 2 aromatic rings. The average Bonchev–Trinajstić information content (AvgIpc) is 2.96. The summed E-state index contributed by atoms with van der Waals surface area (Å²) in [6.07, 6.45) is 3.49. The maximum atomic E-state index is 12.5. The second kappa shape index (κ2) is 8.33. The van der Waals surface area contributed by atoms with E-state index in [9.17, 15) is 9.59 Å². The van der Waals surface area contributed by atoms with Gasteiger partial charge in [-0.1, -0.05) is 35.9 Å². The highest BCUT2D eigenvalue weighted by molar-refractivity contribution is 6.08. The number of allylic oxidation sites excluding steroid dienone is 1. The third-order valence-electron chi connectivity index (χ3n) is 3.53. The minimum atomic E-state index is -0.685. The zero-order chi connectivity index (χ0) is 18.4. The van der Waals surface area contributed by atoms with Crippen LogP contribution < -0.4 is 0 Å². The molecule has 1 heterocycles. The Morgan fingerprint density at radius 3 is 2.20 bits per heavy atom. The molecule has 0 aliphatic rings. The number of hydrogen-bond donors (Lipinski definition) is 0. The predicted octanol–water partition coefficient (Wildman–Crippen LogP) is 4.64. The fourth-order valence-corrected chi connectivity index (χ4v) is 2.46. The highest BCUT2D eigenvalue weighted by atomic mass is 16.5. The Hall–Kier alpha value is -2.82. The summed E-state index contributed by atoms with van der Waals surface area (Å²) >= 11 is 0. The van der Waals surface area contributed by atoms with Crippen LogP contribution in [0.1, 0.15) is 53.0 Å². The van der Waals surface area contributed by atoms with Crippen molar-refractivity contribution in [3.8, 4) is 11.1 Å². The second-order valence-corrected chi connectivity index (χ2v) is 5.35. The minimum absolute atomic E-state index is 0.0947. The zero-order valence-electron chi connectivity index (χ0n) is 14.9. The largest absolute Gasteiger partial charge is 0.462 e. The third kappa shape index (κ3) is 3.99. The van der Waals surface area contributed by atoms with Crippen LogP contribution in [0.3, 0.4) is 0 Å². The van der Waals surface area contributed by atoms with Crippen LogP contribution in [0.4, 0.5) is 0 Å². The summed E-state index contributed by atoms with van der Waals surface area (Å²) in [6, 6.07) is 7.62. The lowest BCUT2D eigenvalue weighted by Crippen LogP contribution is -2.12. The molecule has 0 aliphatic carbocycles. The lowest BCUT2D eigenvalue weighted by Gasteiger charge is -2.06. The first-order valence-corrected chi connectivity index (χ1v) is 8.24. The predicted molar refractivity (Wildman–Crippen MR) is 95.5 cm³/mol. The van der Waals surface area contributed by atoms with Gasteiger partial charge in [-0.15, -0.1) is 0 Å². The molecular formula is C20H22O5. The monoisotopic (exact) mass is 342 g/mol. The Morgan fingerprint density at radius 2 is 1.64 bits per heavy atom. The van der Waals surface area contributed by atoms with Crippen LogP contribution >= 0.6 is 0 Å². The number of carbonyl (C=O) groups is 2. The van der Waals surface area contributed by atoms with E-state index in [0.717, 1.165) is 11.1 Å². The van der Waals surface area contributed by atoms with Gasteiger partial charge in [0, 0.05) is 5.56 Å². The van der Waals surface area contributed by atoms with Crippen LogP contribution in [0.15, 0.2) is 34.8 Å². The Kier molecular flexibility index (Phi) is 6.17. The van der Waals surface area contributed by atoms with E-state index in [2.05, 4.69) is 0 Å². The van der Waals surface area contributed by atoms with Crippen LogP contribution in [0.25, 0.3) is 17.2 Å². The van der Waals surface area contributed by atoms with Crippen LogP contribution in [-0.4, -0.2) is 25.2 Å². The van der Waals surface area contributed by atoms with E-state index in [1.54, 1.807) is 26.0 Å². The molecule has 132 valence electrons. The first-order valence-electron chi connectivity index (χ1n) is 8.24. The Labute approximate surface area is 147 Å². The van der Waals surface area contributed by atoms with Crippen molar-refractivity contribution in [1.82, 2.24) is 0 Å². The molecule has 2 rings (SSSR count). The van der Waals surface area contributed by atoms with Gasteiger partial charge in [-0.05, 0) is 39.3 Å². The van der Waals surface area contributed by atoms with Crippen molar-refractivity contribution in [3.63, 3.8) is 0 Å². The topological polar surface area (TPSA) is 65.7 Å². The van der Waals surface area contributed by atoms with E-state index in [4.69, 9.17) is 13.9 Å². The van der Waals surface area contributed by atoms with Gasteiger partial charge in [0.2, 0.25) is 5.76 Å². The molecule has 0 saturated carbocycles. The molecule has 0 amide bonds. The van der Waals surface area contributed by atoms with Gasteiger partial charge < -0.3 is 13.9 Å². The molecule has 5 nitrogen and oxygen atoms in total. The quantitative estimate of drug-likeness (QED) is 0.715. The molecule has 0 spiro atoms. The van der Waals surface area contributed by atoms with Gasteiger partial charge in [0.05, 0.1) is 13.2 Å². The van der Waals surface area contributed by atoms with Crippen LogP contribution in [0, 0.1) is 6.92 Å². The van der Waals surface area contributed by atoms with Crippen LogP contribution in [0.5, 0.6) is 0 Å². The van der Waals surface area contributed by atoms with Crippen molar-refractivity contribution in [3.05, 3.63) is 53.0 Å². The molecular weight excluding hydrogens is 320 g/mol. The van der Waals surface area contributed by atoms with E-state index in [0.29, 0.717) is 11.3 Å². The fourth-order valence-electron chi connectivity index (χ4n) is 2.46. The van der Waals surface area contributed by atoms with Crippen molar-refractivity contribution < 1.29 is 23.5 Å². The molecule has 0 atom stereocenters. The molecule has 1 aromatic carbocycles. The van der Waals surface area contributed by atoms with E-state index in [1.807, 2.05) is 38.1 Å². The fraction of sp³-hybridized carbons (Fsp3) is 0.300. The number of esters is 2. The van der Waals surface area contributed by atoms with E-state index in [-0.39, 0.29) is 24.5 Å². The summed E-state index contributed by atoms with van der Waals surface area (Å²) in [7, 11) is 0. The van der Waals surface area contributed by atoms with Gasteiger partial charge in [0.25, 0.3) is 0 Å². The zero-order valence-corrected chi connectivity index (χ0v) is 14.9. The molecule has 1 aromatic heterocycles. The first-order chi connectivity index (χ1) is 12.0. The van der Waals surface area contributed by atoms with Crippen molar-refractivity contribution in [1.29, 1.82) is 0 Å². The van der Waals surface area contributed by atoms with E-state index in [1.165, 1.54) is 0 Å². The Morgan fingerprint density at radius 1 is 1.04 bits per heavy atom. The molecule has 0 fully saturated rings. The summed E-state index contributed by atoms with van der Waals surface area (Å²) < 4.78 is 15.9. The number of benzene rings is 1. The summed E-state index contributed by atoms with van der Waals surface area (Å²) in [6.45, 7) is 7.58. The molecule has 0 radical (unpaired) electrons. The lowest BCUT2D eigenvalue weighted by molar-refractivity contribution is 0.0452. The average molecular weight is 342 g/mol. The standard InChI is InChI=1S/C20H22O5/c1-5-8-15-16(14-11-9-13(4)10-12-14)17(19(21)23-6-2)18(25-15)20(22)24-7-3/h5,8-12H,6-7H2,1-4H3/b8-5+. The van der Waals surface area contributed by atoms with Gasteiger partial charge in [-0.2, -0.15) is 0 Å². The highest BCUT2D eigenvalue weighted by Crippen LogP contribution is 2.35. The smallest absolute Gasteiger partial charge is 0.375 e. The van der Waals surface area contributed by atoms with Crippen LogP contribution in [0.2, 0.25) is 0 Å². The number of ether oxygens (including phenoxy) is 2. The lowest BCUT2D eigenvalue weighted by atomic mass is 9.98. The molecule has 0 N–H and O–H groups in total. The van der Waals surface area contributed by atoms with E-state index >= 15 is 0 Å². The summed E-state index contributed by atoms with van der Waals surface area (Å²) in [4.78, 5) is 24.8. The first kappa shape index (κ1) is 18.5. The van der Waals surface area contributed by atoms with Gasteiger partial charge in [-0.3, -0.25) is 0 Å². The van der Waals surface area contributed by atoms with Crippen molar-refractivity contribution in [2.24, 2.45) is 0 Å². The van der Waals surface area contributed by atoms with Crippen molar-refractivity contribution in [2.75, 3.05) is 13.2 Å². The summed E-state index contributed by atoms with van der Waals surface area (Å²) in [5.74, 6) is -1.02. The second-order valence-electron chi connectivity index (χ2n) is 5.35. The molecule has 25 heavy (non-hydrogen) atoms. The van der Waals surface area contributed by atoms with Crippen molar-refractivity contribution >= 4 is 18.0 Å². The number of carbonyl (C=O) groups excluding carboxylic acids is 2. The van der Waals surface area contributed by atoms with Crippen LogP contribution in [-0.2, 0) is 9.47 Å². The van der Waals surface area contributed by atoms with Gasteiger partial charge in [0.15, 0.2) is 0 Å². The number of rotatable bonds is 6. The number of hydrogen-bond acceptors (Lipinski definition) is 5. The van der Waals surface area contributed by atoms with Gasteiger partial charge in [0.1, 0.15) is 11.3 Å². The molecule has 0 unspecified atom stereocenters.